The van der Waals surface area contributed by atoms with E-state index in [2.05, 4.69) is 20.2 Å². The van der Waals surface area contributed by atoms with Crippen molar-refractivity contribution >= 4 is 45.2 Å². The summed E-state index contributed by atoms with van der Waals surface area (Å²) in [7, 11) is 0. The molecule has 2 aromatic rings. The Labute approximate surface area is 85.3 Å². The Morgan fingerprint density at radius 1 is 1.42 bits per heavy atom. The molecule has 0 saturated heterocycles. The number of nitrogens with one attached hydrogen (secondary N) is 1. The fourth-order valence-electron chi connectivity index (χ4n) is 0.830. The molecule has 0 bridgehead atoms. The third kappa shape index (κ3) is 1.11. The predicted molar refractivity (Wildman–Crippen MR) is 51.1 cm³/mol. The molecule has 0 amide bonds. The third-order valence-corrected chi connectivity index (χ3v) is 2.08. The zero-order valence-corrected chi connectivity index (χ0v) is 8.46. The number of hydrogen-bond acceptors (Lipinski definition) is 4. The Balaban J connectivity index is 2.92. The lowest BCUT2D eigenvalue weighted by Crippen LogP contribution is -1.87. The summed E-state index contributed by atoms with van der Waals surface area (Å²) in [6, 6.07) is 0. The number of H-pyrrole nitrogens is 1. The molecular weight excluding hydrogens is 294 g/mol. The van der Waals surface area contributed by atoms with Crippen molar-refractivity contribution in [3.63, 3.8) is 0 Å². The van der Waals surface area contributed by atoms with E-state index < -0.39 is 0 Å². The fraction of sp³-hybridized carbons (Fsp3) is 0. The van der Waals surface area contributed by atoms with Crippen LogP contribution in [0.5, 0.6) is 5.88 Å². The number of fused-ring (bicyclic) bond motifs is 1. The summed E-state index contributed by atoms with van der Waals surface area (Å²) in [6.45, 7) is 0. The van der Waals surface area contributed by atoms with Gasteiger partial charge in [-0.15, -0.1) is 5.10 Å². The Morgan fingerprint density at radius 3 is 2.92 bits per heavy atom. The largest absolute Gasteiger partial charge is 0.491 e. The van der Waals surface area contributed by atoms with Crippen LogP contribution >= 0.6 is 34.2 Å². The highest BCUT2D eigenvalue weighted by Gasteiger charge is 2.10. The Kier molecular flexibility index (Phi) is 1.80. The van der Waals surface area contributed by atoms with Crippen molar-refractivity contribution < 1.29 is 5.11 Å². The number of aromatic nitrogens is 4. The SMILES string of the molecule is Oc1n[nH]c2c(Cl)nc(I)nc12. The van der Waals surface area contributed by atoms with Gasteiger partial charge >= 0.3 is 0 Å². The molecule has 0 aliphatic carbocycles. The second-order valence-corrected chi connectivity index (χ2v) is 3.38. The molecule has 0 fully saturated rings. The predicted octanol–water partition coefficient (Wildman–Crippen LogP) is 1.32. The van der Waals surface area contributed by atoms with E-state index in [1.54, 1.807) is 0 Å². The van der Waals surface area contributed by atoms with E-state index in [4.69, 9.17) is 16.7 Å². The maximum Gasteiger partial charge on any atom is 0.257 e. The molecule has 0 radical (unpaired) electrons. The molecule has 0 saturated carbocycles. The molecule has 2 heterocycles. The highest BCUT2D eigenvalue weighted by Crippen LogP contribution is 2.24. The fourth-order valence-corrected chi connectivity index (χ4v) is 1.67. The molecule has 0 aliphatic heterocycles. The summed E-state index contributed by atoms with van der Waals surface area (Å²) < 4.78 is 0.474. The maximum absolute atomic E-state index is 9.17. The van der Waals surface area contributed by atoms with Gasteiger partial charge in [-0.2, -0.15) is 0 Å². The van der Waals surface area contributed by atoms with Gasteiger partial charge in [0.05, 0.1) is 0 Å². The second kappa shape index (κ2) is 2.70. The van der Waals surface area contributed by atoms with Gasteiger partial charge in [-0.25, -0.2) is 9.97 Å². The average Bonchev–Trinajstić information content (AvgIpc) is 2.33. The first-order valence-electron chi connectivity index (χ1n) is 2.94. The van der Waals surface area contributed by atoms with E-state index in [9.17, 15) is 0 Å². The van der Waals surface area contributed by atoms with E-state index >= 15 is 0 Å². The minimum absolute atomic E-state index is 0.160. The molecule has 0 aliphatic rings. The topological polar surface area (TPSA) is 74.7 Å². The van der Waals surface area contributed by atoms with Crippen LogP contribution in [0.25, 0.3) is 11.0 Å². The lowest BCUT2D eigenvalue weighted by molar-refractivity contribution is 0.456. The van der Waals surface area contributed by atoms with Crippen LogP contribution in [0.4, 0.5) is 0 Å². The zero-order chi connectivity index (χ0) is 8.72. The van der Waals surface area contributed by atoms with Crippen molar-refractivity contribution in [2.75, 3.05) is 0 Å². The first-order chi connectivity index (χ1) is 5.68. The van der Waals surface area contributed by atoms with Crippen molar-refractivity contribution in [1.82, 2.24) is 20.2 Å². The quantitative estimate of drug-likeness (QED) is 0.437. The average molecular weight is 296 g/mol. The standard InChI is InChI=1S/C5H2ClIN4O/c6-3-1-2(4(12)11-10-1)8-5(7)9-3/h(H2,10,11,12). The van der Waals surface area contributed by atoms with Crippen LogP contribution in [-0.2, 0) is 0 Å². The molecular formula is C5H2ClIN4O. The minimum Gasteiger partial charge on any atom is -0.491 e. The van der Waals surface area contributed by atoms with Crippen LogP contribution < -0.4 is 0 Å². The van der Waals surface area contributed by atoms with Crippen molar-refractivity contribution in [1.29, 1.82) is 0 Å². The Bertz CT molecular complexity index is 442. The molecule has 0 unspecified atom stereocenters. The number of halogens is 2. The maximum atomic E-state index is 9.17. The molecule has 12 heavy (non-hydrogen) atoms. The molecule has 2 rings (SSSR count). The van der Waals surface area contributed by atoms with Gasteiger partial charge in [0.2, 0.25) is 0 Å². The van der Waals surface area contributed by atoms with Crippen molar-refractivity contribution in [3.05, 3.63) is 8.98 Å². The normalized spacial score (nSPS) is 10.8. The van der Waals surface area contributed by atoms with Crippen LogP contribution in [0.2, 0.25) is 5.15 Å². The van der Waals surface area contributed by atoms with Gasteiger partial charge in [-0.05, 0) is 0 Å². The highest BCUT2D eigenvalue weighted by atomic mass is 127. The third-order valence-electron chi connectivity index (χ3n) is 1.32. The second-order valence-electron chi connectivity index (χ2n) is 2.05. The summed E-state index contributed by atoms with van der Waals surface area (Å²) in [5, 5.41) is 15.5. The summed E-state index contributed by atoms with van der Waals surface area (Å²) in [5.74, 6) is -0.160. The number of hydrogen-bond donors (Lipinski definition) is 2. The minimum atomic E-state index is -0.160. The number of aromatic hydroxyl groups is 1. The summed E-state index contributed by atoms with van der Waals surface area (Å²) >= 11 is 7.65. The Morgan fingerprint density at radius 2 is 2.17 bits per heavy atom. The molecule has 0 atom stereocenters. The molecule has 0 spiro atoms. The number of nitrogens with zero attached hydrogens (tertiary/aromatic N) is 3. The van der Waals surface area contributed by atoms with Gasteiger partial charge in [0.1, 0.15) is 5.52 Å². The lowest BCUT2D eigenvalue weighted by atomic mass is 10.5. The number of rotatable bonds is 0. The van der Waals surface area contributed by atoms with Crippen molar-refractivity contribution in [2.45, 2.75) is 0 Å². The molecule has 62 valence electrons. The molecule has 5 nitrogen and oxygen atoms in total. The van der Waals surface area contributed by atoms with Crippen LogP contribution in [0.1, 0.15) is 0 Å². The van der Waals surface area contributed by atoms with Gasteiger partial charge in [0.15, 0.2) is 14.5 Å². The summed E-state index contributed by atoms with van der Waals surface area (Å²) in [5.41, 5.74) is 0.800. The smallest absolute Gasteiger partial charge is 0.257 e. The first-order valence-corrected chi connectivity index (χ1v) is 4.40. The van der Waals surface area contributed by atoms with E-state index in [0.717, 1.165) is 0 Å². The molecule has 2 N–H and O–H groups in total. The van der Waals surface area contributed by atoms with E-state index in [-0.39, 0.29) is 11.0 Å². The van der Waals surface area contributed by atoms with E-state index in [1.165, 1.54) is 0 Å². The monoisotopic (exact) mass is 296 g/mol. The van der Waals surface area contributed by atoms with Crippen LogP contribution in [0.15, 0.2) is 0 Å². The number of aromatic amines is 1. The van der Waals surface area contributed by atoms with Crippen LogP contribution in [0, 0.1) is 3.83 Å². The van der Waals surface area contributed by atoms with E-state index in [0.29, 0.717) is 14.9 Å². The lowest BCUT2D eigenvalue weighted by Gasteiger charge is -1.92. The van der Waals surface area contributed by atoms with Gasteiger partial charge in [-0.1, -0.05) is 11.6 Å². The van der Waals surface area contributed by atoms with Crippen molar-refractivity contribution in [2.24, 2.45) is 0 Å². The summed E-state index contributed by atoms with van der Waals surface area (Å²) in [6.07, 6.45) is 0. The van der Waals surface area contributed by atoms with Crippen molar-refractivity contribution in [3.8, 4) is 5.88 Å². The highest BCUT2D eigenvalue weighted by molar-refractivity contribution is 14.1. The zero-order valence-electron chi connectivity index (χ0n) is 5.54. The van der Waals surface area contributed by atoms with Gasteiger partial charge in [0.25, 0.3) is 5.88 Å². The summed E-state index contributed by atoms with van der Waals surface area (Å²) in [4.78, 5) is 7.82. The van der Waals surface area contributed by atoms with Gasteiger partial charge in [-0.3, -0.25) is 5.10 Å². The van der Waals surface area contributed by atoms with Gasteiger partial charge in [0, 0.05) is 22.6 Å². The van der Waals surface area contributed by atoms with Crippen LogP contribution in [0.3, 0.4) is 0 Å². The van der Waals surface area contributed by atoms with E-state index in [1.807, 2.05) is 22.6 Å². The van der Waals surface area contributed by atoms with Crippen LogP contribution in [-0.4, -0.2) is 25.3 Å². The molecule has 0 aromatic carbocycles. The first kappa shape index (κ1) is 7.99. The molecule has 7 heteroatoms. The van der Waals surface area contributed by atoms with Gasteiger partial charge < -0.3 is 5.11 Å². The Hall–Kier alpha value is -0.630. The molecule has 2 aromatic heterocycles.